The van der Waals surface area contributed by atoms with Crippen LogP contribution in [0.3, 0.4) is 0 Å². The molecule has 2 aliphatic rings. The van der Waals surface area contributed by atoms with Crippen LogP contribution in [-0.4, -0.2) is 17.6 Å². The zero-order valence-electron chi connectivity index (χ0n) is 16.2. The summed E-state index contributed by atoms with van der Waals surface area (Å²) in [6, 6.07) is 5.75. The number of ketones is 1. The maximum absolute atomic E-state index is 13.7. The van der Waals surface area contributed by atoms with Gasteiger partial charge in [-0.3, -0.25) is 14.4 Å². The standard InChI is InChI=1S/C22H18F4N2O3/c23-14-8-12(7-13(10-14)22(24,25)26)20(30)27-17-6-2-5-16-18(17)19(28-21(16)31)11-3-1-4-15(29)9-11/h2,5-8,10-11,19H,1,3-4,9H2,(H,27,30)(H,28,31)/t11-,19+/m1/s1. The molecule has 162 valence electrons. The number of carbonyl (C=O) groups excluding carboxylic acids is 3. The molecular weight excluding hydrogens is 416 g/mol. The van der Waals surface area contributed by atoms with Gasteiger partial charge in [-0.15, -0.1) is 0 Å². The molecule has 1 aliphatic carbocycles. The zero-order valence-corrected chi connectivity index (χ0v) is 16.2. The number of hydrogen-bond donors (Lipinski definition) is 2. The summed E-state index contributed by atoms with van der Waals surface area (Å²) in [6.45, 7) is 0. The van der Waals surface area contributed by atoms with E-state index < -0.39 is 35.1 Å². The predicted octanol–water partition coefficient (Wildman–Crippen LogP) is 4.64. The number of nitrogens with one attached hydrogen (secondary N) is 2. The second kappa shape index (κ2) is 7.79. The van der Waals surface area contributed by atoms with Crippen molar-refractivity contribution in [3.63, 3.8) is 0 Å². The summed E-state index contributed by atoms with van der Waals surface area (Å²) in [6.07, 6.45) is -2.60. The van der Waals surface area contributed by atoms with E-state index in [4.69, 9.17) is 0 Å². The molecule has 0 spiro atoms. The van der Waals surface area contributed by atoms with E-state index >= 15 is 0 Å². The Balaban J connectivity index is 1.67. The molecule has 2 aromatic rings. The molecule has 1 saturated carbocycles. The second-order valence-corrected chi connectivity index (χ2v) is 7.79. The second-order valence-electron chi connectivity index (χ2n) is 7.79. The smallest absolute Gasteiger partial charge is 0.345 e. The lowest BCUT2D eigenvalue weighted by Crippen LogP contribution is -2.30. The largest absolute Gasteiger partial charge is 0.416 e. The van der Waals surface area contributed by atoms with Crippen molar-refractivity contribution in [2.45, 2.75) is 37.9 Å². The van der Waals surface area contributed by atoms with Crippen LogP contribution in [0.1, 0.15) is 63.6 Å². The van der Waals surface area contributed by atoms with Gasteiger partial charge >= 0.3 is 6.18 Å². The van der Waals surface area contributed by atoms with E-state index in [2.05, 4.69) is 10.6 Å². The Labute approximate surface area is 174 Å². The minimum absolute atomic E-state index is 0.0971. The molecule has 2 aromatic carbocycles. The monoisotopic (exact) mass is 434 g/mol. The Bertz CT molecular complexity index is 1080. The molecule has 0 saturated heterocycles. The van der Waals surface area contributed by atoms with Crippen LogP contribution in [0.15, 0.2) is 36.4 Å². The lowest BCUT2D eigenvalue weighted by atomic mass is 9.80. The number of hydrogen-bond acceptors (Lipinski definition) is 3. The van der Waals surface area contributed by atoms with Crippen molar-refractivity contribution in [3.8, 4) is 0 Å². The summed E-state index contributed by atoms with van der Waals surface area (Å²) in [5.41, 5.74) is -0.705. The molecule has 0 radical (unpaired) electrons. The molecule has 2 amide bonds. The number of benzene rings is 2. The Morgan fingerprint density at radius 2 is 1.90 bits per heavy atom. The summed E-state index contributed by atoms with van der Waals surface area (Å²) in [7, 11) is 0. The van der Waals surface area contributed by atoms with Crippen LogP contribution < -0.4 is 10.6 Å². The average molecular weight is 434 g/mol. The van der Waals surface area contributed by atoms with Gasteiger partial charge in [0.15, 0.2) is 0 Å². The van der Waals surface area contributed by atoms with Gasteiger partial charge in [-0.25, -0.2) is 4.39 Å². The van der Waals surface area contributed by atoms with E-state index in [0.29, 0.717) is 48.6 Å². The van der Waals surface area contributed by atoms with Crippen molar-refractivity contribution in [1.82, 2.24) is 5.32 Å². The Hall–Kier alpha value is -3.23. The van der Waals surface area contributed by atoms with Crippen molar-refractivity contribution in [3.05, 3.63) is 64.5 Å². The van der Waals surface area contributed by atoms with Gasteiger partial charge in [-0.2, -0.15) is 13.2 Å². The molecule has 0 aromatic heterocycles. The summed E-state index contributed by atoms with van der Waals surface area (Å²) >= 11 is 0. The van der Waals surface area contributed by atoms with Crippen molar-refractivity contribution < 1.29 is 31.9 Å². The molecule has 2 N–H and O–H groups in total. The Morgan fingerprint density at radius 3 is 2.61 bits per heavy atom. The number of rotatable bonds is 3. The van der Waals surface area contributed by atoms with E-state index in [1.54, 1.807) is 6.07 Å². The first-order valence-corrected chi connectivity index (χ1v) is 9.78. The van der Waals surface area contributed by atoms with Crippen LogP contribution in [0, 0.1) is 11.7 Å². The first-order chi connectivity index (χ1) is 14.6. The molecule has 1 fully saturated rings. The Kier molecular flexibility index (Phi) is 5.28. The predicted molar refractivity (Wildman–Crippen MR) is 103 cm³/mol. The summed E-state index contributed by atoms with van der Waals surface area (Å²) in [5.74, 6) is -2.51. The molecule has 31 heavy (non-hydrogen) atoms. The lowest BCUT2D eigenvalue weighted by molar-refractivity contribution is -0.137. The zero-order chi connectivity index (χ0) is 22.3. The van der Waals surface area contributed by atoms with Gasteiger partial charge in [0, 0.05) is 35.2 Å². The van der Waals surface area contributed by atoms with Gasteiger partial charge in [-0.1, -0.05) is 6.07 Å². The fraction of sp³-hybridized carbons (Fsp3) is 0.318. The molecule has 9 heteroatoms. The van der Waals surface area contributed by atoms with Crippen LogP contribution >= 0.6 is 0 Å². The van der Waals surface area contributed by atoms with Crippen molar-refractivity contribution in [2.24, 2.45) is 5.92 Å². The van der Waals surface area contributed by atoms with Crippen molar-refractivity contribution >= 4 is 23.3 Å². The quantitative estimate of drug-likeness (QED) is 0.691. The first kappa shape index (κ1) is 21.0. The highest BCUT2D eigenvalue weighted by Crippen LogP contribution is 2.41. The third-order valence-electron chi connectivity index (χ3n) is 5.68. The van der Waals surface area contributed by atoms with E-state index in [1.807, 2.05) is 0 Å². The van der Waals surface area contributed by atoms with Crippen molar-refractivity contribution in [1.29, 1.82) is 0 Å². The number of carbonyl (C=O) groups is 3. The van der Waals surface area contributed by atoms with Crippen molar-refractivity contribution in [2.75, 3.05) is 5.32 Å². The van der Waals surface area contributed by atoms with Gasteiger partial charge in [0.1, 0.15) is 11.6 Å². The number of alkyl halides is 3. The lowest BCUT2D eigenvalue weighted by Gasteiger charge is -2.28. The highest BCUT2D eigenvalue weighted by Gasteiger charge is 2.38. The molecule has 1 aliphatic heterocycles. The molecule has 1 heterocycles. The normalized spacial score (nSPS) is 20.9. The number of amides is 2. The summed E-state index contributed by atoms with van der Waals surface area (Å²) < 4.78 is 52.6. The number of anilines is 1. The molecule has 0 bridgehead atoms. The minimum Gasteiger partial charge on any atom is -0.345 e. The van der Waals surface area contributed by atoms with Crippen LogP contribution in [0.2, 0.25) is 0 Å². The molecule has 0 unspecified atom stereocenters. The third-order valence-corrected chi connectivity index (χ3v) is 5.68. The van der Waals surface area contributed by atoms with Crippen LogP contribution in [-0.2, 0) is 11.0 Å². The average Bonchev–Trinajstić information content (AvgIpc) is 3.05. The van der Waals surface area contributed by atoms with Gasteiger partial charge in [0.05, 0.1) is 11.6 Å². The van der Waals surface area contributed by atoms with Gasteiger partial charge in [-0.05, 0) is 49.1 Å². The number of fused-ring (bicyclic) bond motifs is 1. The van der Waals surface area contributed by atoms with Crippen LogP contribution in [0.5, 0.6) is 0 Å². The van der Waals surface area contributed by atoms with E-state index in [-0.39, 0.29) is 23.3 Å². The third kappa shape index (κ3) is 4.17. The van der Waals surface area contributed by atoms with Gasteiger partial charge in [0.25, 0.3) is 11.8 Å². The summed E-state index contributed by atoms with van der Waals surface area (Å²) in [5, 5.41) is 5.37. The molecule has 2 atom stereocenters. The van der Waals surface area contributed by atoms with E-state index in [0.717, 1.165) is 6.42 Å². The maximum atomic E-state index is 13.7. The highest BCUT2D eigenvalue weighted by atomic mass is 19.4. The fourth-order valence-corrected chi connectivity index (χ4v) is 4.27. The van der Waals surface area contributed by atoms with Gasteiger partial charge in [0.2, 0.25) is 0 Å². The first-order valence-electron chi connectivity index (χ1n) is 9.78. The fourth-order valence-electron chi connectivity index (χ4n) is 4.27. The summed E-state index contributed by atoms with van der Waals surface area (Å²) in [4.78, 5) is 37.0. The number of halogens is 4. The SMILES string of the molecule is O=C1CCC[C@@H]([C@@H]2NC(=O)c3cccc(NC(=O)c4cc(F)cc(C(F)(F)F)c4)c32)C1. The van der Waals surface area contributed by atoms with Crippen LogP contribution in [0.25, 0.3) is 0 Å². The minimum atomic E-state index is -4.81. The Morgan fingerprint density at radius 1 is 1.13 bits per heavy atom. The van der Waals surface area contributed by atoms with E-state index in [9.17, 15) is 31.9 Å². The highest BCUT2D eigenvalue weighted by molar-refractivity contribution is 6.07. The molecular formula is C22H18F4N2O3. The maximum Gasteiger partial charge on any atom is 0.416 e. The molecule has 5 nitrogen and oxygen atoms in total. The van der Waals surface area contributed by atoms with Gasteiger partial charge < -0.3 is 10.6 Å². The topological polar surface area (TPSA) is 75.3 Å². The molecule has 4 rings (SSSR count). The van der Waals surface area contributed by atoms with Crippen LogP contribution in [0.4, 0.5) is 23.2 Å². The number of Topliss-reactive ketones (excluding diaryl/α,β-unsaturated/α-hetero) is 1. The van der Waals surface area contributed by atoms with E-state index in [1.165, 1.54) is 12.1 Å².